The van der Waals surface area contributed by atoms with E-state index < -0.39 is 0 Å². The average molecular weight is 397 g/mol. The fourth-order valence-corrected chi connectivity index (χ4v) is 4.86. The molecule has 2 aliphatic rings. The van der Waals surface area contributed by atoms with Crippen LogP contribution in [0.15, 0.2) is 34.9 Å². The third kappa shape index (κ3) is 3.55. The molecule has 7 nitrogen and oxygen atoms in total. The van der Waals surface area contributed by atoms with E-state index in [4.69, 9.17) is 4.52 Å². The second-order valence-corrected chi connectivity index (χ2v) is 8.35. The highest BCUT2D eigenvalue weighted by Crippen LogP contribution is 2.46. The number of benzene rings is 1. The van der Waals surface area contributed by atoms with Gasteiger partial charge in [-0.05, 0) is 25.3 Å². The number of hydrogen-bond donors (Lipinski definition) is 1. The molecule has 0 bridgehead atoms. The number of carbonyl (C=O) groups is 2. The average Bonchev–Trinajstić information content (AvgIpc) is 3.36. The molecule has 2 atom stereocenters. The topological polar surface area (TPSA) is 86.9 Å². The maximum Gasteiger partial charge on any atom is 0.276 e. The van der Waals surface area contributed by atoms with Crippen molar-refractivity contribution in [3.05, 3.63) is 52.9 Å². The number of hydrogen-bond acceptors (Lipinski definition) is 5. The second kappa shape index (κ2) is 7.63. The molecule has 0 aliphatic carbocycles. The molecule has 154 valence electrons. The van der Waals surface area contributed by atoms with Gasteiger partial charge >= 0.3 is 0 Å². The van der Waals surface area contributed by atoms with Crippen LogP contribution in [0.3, 0.4) is 0 Å². The summed E-state index contributed by atoms with van der Waals surface area (Å²) in [6.07, 6.45) is 1.83. The lowest BCUT2D eigenvalue weighted by atomic mass is 9.76. The van der Waals surface area contributed by atoms with E-state index in [0.29, 0.717) is 37.5 Å². The molecule has 7 heteroatoms. The first kappa shape index (κ1) is 19.6. The van der Waals surface area contributed by atoms with Gasteiger partial charge in [0, 0.05) is 44.4 Å². The fourth-order valence-electron chi connectivity index (χ4n) is 4.86. The van der Waals surface area contributed by atoms with Crippen LogP contribution in [-0.4, -0.2) is 58.1 Å². The zero-order valence-corrected chi connectivity index (χ0v) is 16.9. The summed E-state index contributed by atoms with van der Waals surface area (Å²) < 4.78 is 5.13. The number of aliphatic hydroxyl groups is 1. The van der Waals surface area contributed by atoms with Crippen LogP contribution in [0.4, 0.5) is 0 Å². The minimum absolute atomic E-state index is 0.0889. The van der Waals surface area contributed by atoms with Gasteiger partial charge in [-0.2, -0.15) is 0 Å². The molecule has 2 aliphatic heterocycles. The Morgan fingerprint density at radius 3 is 2.59 bits per heavy atom. The highest BCUT2D eigenvalue weighted by molar-refractivity contribution is 5.94. The summed E-state index contributed by atoms with van der Waals surface area (Å²) in [4.78, 5) is 28.9. The molecule has 1 aromatic carbocycles. The van der Waals surface area contributed by atoms with Crippen molar-refractivity contribution in [2.24, 2.45) is 11.3 Å². The van der Waals surface area contributed by atoms with Crippen LogP contribution >= 0.6 is 0 Å². The SMILES string of the molecule is CC(=O)N1C[C@@H]2CN(C(=O)c3noc(C)c3CO)C[C@]2(CCc2ccccc2)C1. The highest BCUT2D eigenvalue weighted by atomic mass is 16.5. The van der Waals surface area contributed by atoms with Gasteiger partial charge in [0.15, 0.2) is 5.69 Å². The minimum atomic E-state index is -0.273. The Morgan fingerprint density at radius 2 is 1.90 bits per heavy atom. The molecule has 1 aromatic heterocycles. The van der Waals surface area contributed by atoms with Crippen LogP contribution in [0.2, 0.25) is 0 Å². The van der Waals surface area contributed by atoms with Gasteiger partial charge in [-0.15, -0.1) is 0 Å². The third-order valence-electron chi connectivity index (χ3n) is 6.59. The third-order valence-corrected chi connectivity index (χ3v) is 6.59. The van der Waals surface area contributed by atoms with E-state index in [9.17, 15) is 14.7 Å². The predicted octanol–water partition coefficient (Wildman–Crippen LogP) is 2.03. The number of aromatic nitrogens is 1. The lowest BCUT2D eigenvalue weighted by molar-refractivity contribution is -0.128. The van der Waals surface area contributed by atoms with E-state index in [1.165, 1.54) is 5.56 Å². The van der Waals surface area contributed by atoms with E-state index in [-0.39, 0.29) is 35.4 Å². The van der Waals surface area contributed by atoms with Gasteiger partial charge in [0.2, 0.25) is 5.91 Å². The maximum absolute atomic E-state index is 13.1. The van der Waals surface area contributed by atoms with Crippen molar-refractivity contribution in [3.8, 4) is 0 Å². The molecular formula is C22H27N3O4. The van der Waals surface area contributed by atoms with Crippen molar-refractivity contribution in [2.75, 3.05) is 26.2 Å². The molecule has 0 unspecified atom stereocenters. The van der Waals surface area contributed by atoms with Crippen molar-refractivity contribution in [3.63, 3.8) is 0 Å². The molecular weight excluding hydrogens is 370 g/mol. The van der Waals surface area contributed by atoms with E-state index >= 15 is 0 Å². The number of amides is 2. The summed E-state index contributed by atoms with van der Waals surface area (Å²) in [5.74, 6) is 0.598. The Balaban J connectivity index is 1.55. The largest absolute Gasteiger partial charge is 0.391 e. The lowest BCUT2D eigenvalue weighted by Crippen LogP contribution is -2.38. The van der Waals surface area contributed by atoms with E-state index in [2.05, 4.69) is 17.3 Å². The minimum Gasteiger partial charge on any atom is -0.391 e. The zero-order valence-electron chi connectivity index (χ0n) is 16.9. The number of aliphatic hydroxyl groups excluding tert-OH is 1. The number of fused-ring (bicyclic) bond motifs is 1. The summed E-state index contributed by atoms with van der Waals surface area (Å²) >= 11 is 0. The van der Waals surface area contributed by atoms with Gasteiger partial charge in [0.25, 0.3) is 5.91 Å². The Kier molecular flexibility index (Phi) is 5.17. The maximum atomic E-state index is 13.1. The summed E-state index contributed by atoms with van der Waals surface area (Å²) in [7, 11) is 0. The second-order valence-electron chi connectivity index (χ2n) is 8.35. The molecule has 1 N–H and O–H groups in total. The number of carbonyl (C=O) groups excluding carboxylic acids is 2. The molecule has 2 amide bonds. The number of aryl methyl sites for hydroxylation is 2. The molecule has 2 fully saturated rings. The van der Waals surface area contributed by atoms with Crippen molar-refractivity contribution >= 4 is 11.8 Å². The summed E-state index contributed by atoms with van der Waals surface area (Å²) in [5, 5.41) is 13.5. The predicted molar refractivity (Wildman–Crippen MR) is 106 cm³/mol. The van der Waals surface area contributed by atoms with Crippen LogP contribution in [0.5, 0.6) is 0 Å². The van der Waals surface area contributed by atoms with E-state index in [1.54, 1.807) is 13.8 Å². The molecule has 2 saturated heterocycles. The Hall–Kier alpha value is -2.67. The van der Waals surface area contributed by atoms with Gasteiger partial charge in [0.1, 0.15) is 5.76 Å². The summed E-state index contributed by atoms with van der Waals surface area (Å²) in [6.45, 7) is 5.57. The molecule has 2 aromatic rings. The normalized spacial score (nSPS) is 23.5. The first-order chi connectivity index (χ1) is 13.9. The number of rotatable bonds is 5. The summed E-state index contributed by atoms with van der Waals surface area (Å²) in [6, 6.07) is 10.3. The number of nitrogens with zero attached hydrogens (tertiary/aromatic N) is 3. The van der Waals surface area contributed by atoms with Gasteiger partial charge in [0.05, 0.1) is 12.2 Å². The molecule has 4 rings (SSSR count). The molecule has 0 spiro atoms. The smallest absolute Gasteiger partial charge is 0.276 e. The monoisotopic (exact) mass is 397 g/mol. The zero-order chi connectivity index (χ0) is 20.6. The van der Waals surface area contributed by atoms with Gasteiger partial charge in [-0.3, -0.25) is 9.59 Å². The molecule has 0 saturated carbocycles. The van der Waals surface area contributed by atoms with Gasteiger partial charge in [-0.25, -0.2) is 0 Å². The molecule has 29 heavy (non-hydrogen) atoms. The van der Waals surface area contributed by atoms with Crippen molar-refractivity contribution in [1.29, 1.82) is 0 Å². The van der Waals surface area contributed by atoms with Gasteiger partial charge < -0.3 is 19.4 Å². The van der Waals surface area contributed by atoms with Crippen molar-refractivity contribution in [1.82, 2.24) is 15.0 Å². The van der Waals surface area contributed by atoms with Crippen LogP contribution in [0.1, 0.15) is 40.7 Å². The van der Waals surface area contributed by atoms with E-state index in [1.807, 2.05) is 28.0 Å². The summed E-state index contributed by atoms with van der Waals surface area (Å²) in [5.41, 5.74) is 1.80. The molecule has 3 heterocycles. The first-order valence-corrected chi connectivity index (χ1v) is 10.1. The fraction of sp³-hybridized carbons (Fsp3) is 0.500. The Bertz CT molecular complexity index is 910. The first-order valence-electron chi connectivity index (χ1n) is 10.1. The van der Waals surface area contributed by atoms with Crippen LogP contribution in [0, 0.1) is 18.3 Å². The quantitative estimate of drug-likeness (QED) is 0.834. The van der Waals surface area contributed by atoms with Crippen LogP contribution < -0.4 is 0 Å². The Labute approximate surface area is 170 Å². The number of likely N-dealkylation sites (tertiary alicyclic amines) is 2. The van der Waals surface area contributed by atoms with Crippen molar-refractivity contribution < 1.29 is 19.2 Å². The van der Waals surface area contributed by atoms with E-state index in [0.717, 1.165) is 12.8 Å². The van der Waals surface area contributed by atoms with Crippen molar-refractivity contribution in [2.45, 2.75) is 33.3 Å². The van der Waals surface area contributed by atoms with Crippen LogP contribution in [-0.2, 0) is 17.8 Å². The van der Waals surface area contributed by atoms with Gasteiger partial charge in [-0.1, -0.05) is 35.5 Å². The van der Waals surface area contributed by atoms with Crippen LogP contribution in [0.25, 0.3) is 0 Å². The lowest BCUT2D eigenvalue weighted by Gasteiger charge is -2.29. The molecule has 0 radical (unpaired) electrons. The highest BCUT2D eigenvalue weighted by Gasteiger charge is 2.54. The Morgan fingerprint density at radius 1 is 1.21 bits per heavy atom. The standard InChI is InChI=1S/C22H27N3O4/c1-15-19(12-26)20(23-29-15)21(28)25-11-18-10-24(16(2)27)13-22(18,14-25)9-8-17-6-4-3-5-7-17/h3-7,18,26H,8-14H2,1-2H3/t18-,22+/m1/s1.